The molecule has 0 aromatic heterocycles. The lowest BCUT2D eigenvalue weighted by Gasteiger charge is -2.19. The van der Waals surface area contributed by atoms with E-state index in [1.165, 1.54) is 11.1 Å². The van der Waals surface area contributed by atoms with Crippen molar-refractivity contribution in [1.29, 1.82) is 0 Å². The minimum Gasteiger partial charge on any atom is -0.490 e. The summed E-state index contributed by atoms with van der Waals surface area (Å²) < 4.78 is 11.3. The van der Waals surface area contributed by atoms with Crippen molar-refractivity contribution in [2.24, 2.45) is 0 Å². The van der Waals surface area contributed by atoms with Crippen LogP contribution in [0.5, 0.6) is 11.5 Å². The summed E-state index contributed by atoms with van der Waals surface area (Å²) in [6.45, 7) is 11.3. The number of hydrogen-bond acceptors (Lipinski definition) is 3. The molecule has 3 heteroatoms. The Labute approximate surface area is 123 Å². The first-order chi connectivity index (χ1) is 9.62. The number of nitrogens with one attached hydrogen (secondary N) is 1. The van der Waals surface area contributed by atoms with Gasteiger partial charge in [0.15, 0.2) is 11.5 Å². The summed E-state index contributed by atoms with van der Waals surface area (Å²) in [5.41, 5.74) is 2.43. The summed E-state index contributed by atoms with van der Waals surface area (Å²) in [7, 11) is 1.99. The van der Waals surface area contributed by atoms with Crippen LogP contribution < -0.4 is 14.8 Å². The first-order valence-corrected chi connectivity index (χ1v) is 7.33. The molecule has 0 spiro atoms. The second kappa shape index (κ2) is 8.64. The van der Waals surface area contributed by atoms with Gasteiger partial charge < -0.3 is 14.8 Å². The lowest BCUT2D eigenvalue weighted by molar-refractivity contribution is 0.287. The largest absolute Gasteiger partial charge is 0.490 e. The van der Waals surface area contributed by atoms with Crippen LogP contribution in [-0.4, -0.2) is 20.3 Å². The molecule has 0 aliphatic rings. The van der Waals surface area contributed by atoms with Gasteiger partial charge in [-0.15, -0.1) is 6.58 Å². The predicted molar refractivity (Wildman–Crippen MR) is 84.6 cm³/mol. The standard InChI is InChI=1S/C17H27NO2/c1-6-19-16-11-9-14(12-17(16)20-7-2)15(18-5)10-8-13(3)4/h9,11-12,15,18H,3,6-8,10H2,1-2,4-5H3. The van der Waals surface area contributed by atoms with E-state index in [1.807, 2.05) is 27.0 Å². The van der Waals surface area contributed by atoms with E-state index in [0.29, 0.717) is 19.3 Å². The van der Waals surface area contributed by atoms with Crippen molar-refractivity contribution in [3.63, 3.8) is 0 Å². The van der Waals surface area contributed by atoms with Crippen LogP contribution in [0.15, 0.2) is 30.4 Å². The van der Waals surface area contributed by atoms with Crippen molar-refractivity contribution < 1.29 is 9.47 Å². The highest BCUT2D eigenvalue weighted by Crippen LogP contribution is 2.32. The Morgan fingerprint density at radius 3 is 2.40 bits per heavy atom. The quantitative estimate of drug-likeness (QED) is 0.689. The van der Waals surface area contributed by atoms with E-state index >= 15 is 0 Å². The molecular weight excluding hydrogens is 250 g/mol. The normalized spacial score (nSPS) is 12.0. The summed E-state index contributed by atoms with van der Waals surface area (Å²) in [6.07, 6.45) is 2.05. The minimum absolute atomic E-state index is 0.307. The number of hydrogen-bond donors (Lipinski definition) is 1. The molecule has 1 N–H and O–H groups in total. The second-order valence-electron chi connectivity index (χ2n) is 4.91. The smallest absolute Gasteiger partial charge is 0.161 e. The Morgan fingerprint density at radius 2 is 1.85 bits per heavy atom. The lowest BCUT2D eigenvalue weighted by Crippen LogP contribution is -2.16. The van der Waals surface area contributed by atoms with Crippen LogP contribution in [0.1, 0.15) is 45.2 Å². The summed E-state index contributed by atoms with van der Waals surface area (Å²) in [5.74, 6) is 1.63. The van der Waals surface area contributed by atoms with E-state index < -0.39 is 0 Å². The van der Waals surface area contributed by atoms with Gasteiger partial charge in [0.1, 0.15) is 0 Å². The van der Waals surface area contributed by atoms with Crippen molar-refractivity contribution in [3.05, 3.63) is 35.9 Å². The highest BCUT2D eigenvalue weighted by Gasteiger charge is 2.13. The molecule has 1 unspecified atom stereocenters. The molecule has 0 amide bonds. The fourth-order valence-electron chi connectivity index (χ4n) is 2.15. The third-order valence-corrected chi connectivity index (χ3v) is 3.18. The first kappa shape index (κ1) is 16.6. The number of allylic oxidation sites excluding steroid dienone is 1. The molecule has 1 aromatic rings. The molecule has 0 bridgehead atoms. The zero-order chi connectivity index (χ0) is 15.0. The Morgan fingerprint density at radius 1 is 1.20 bits per heavy atom. The monoisotopic (exact) mass is 277 g/mol. The molecule has 1 atom stereocenters. The maximum atomic E-state index is 5.68. The van der Waals surface area contributed by atoms with E-state index in [1.54, 1.807) is 0 Å². The van der Waals surface area contributed by atoms with E-state index in [4.69, 9.17) is 9.47 Å². The van der Waals surface area contributed by atoms with Gasteiger partial charge in [0.25, 0.3) is 0 Å². The van der Waals surface area contributed by atoms with Crippen LogP contribution in [0, 0.1) is 0 Å². The molecule has 0 radical (unpaired) electrons. The van der Waals surface area contributed by atoms with Gasteiger partial charge >= 0.3 is 0 Å². The highest BCUT2D eigenvalue weighted by molar-refractivity contribution is 5.44. The molecule has 0 heterocycles. The van der Waals surface area contributed by atoms with Crippen molar-refractivity contribution in [2.45, 2.75) is 39.7 Å². The molecule has 0 fully saturated rings. The number of rotatable bonds is 9. The molecule has 1 aromatic carbocycles. The summed E-state index contributed by atoms with van der Waals surface area (Å²) in [5, 5.41) is 3.36. The molecule has 0 aliphatic carbocycles. The van der Waals surface area contributed by atoms with Gasteiger partial charge in [0, 0.05) is 6.04 Å². The van der Waals surface area contributed by atoms with Crippen LogP contribution in [-0.2, 0) is 0 Å². The summed E-state index contributed by atoms with van der Waals surface area (Å²) >= 11 is 0. The van der Waals surface area contributed by atoms with Crippen LogP contribution in [0.2, 0.25) is 0 Å². The molecule has 0 saturated carbocycles. The molecule has 112 valence electrons. The van der Waals surface area contributed by atoms with Crippen LogP contribution in [0.4, 0.5) is 0 Å². The van der Waals surface area contributed by atoms with Crippen LogP contribution in [0.3, 0.4) is 0 Å². The van der Waals surface area contributed by atoms with Gasteiger partial charge in [0.05, 0.1) is 13.2 Å². The molecule has 1 rings (SSSR count). The van der Waals surface area contributed by atoms with Gasteiger partial charge in [-0.1, -0.05) is 11.6 Å². The van der Waals surface area contributed by atoms with E-state index in [9.17, 15) is 0 Å². The average molecular weight is 277 g/mol. The summed E-state index contributed by atoms with van der Waals surface area (Å²) in [6, 6.07) is 6.48. The number of ether oxygens (including phenoxy) is 2. The zero-order valence-corrected chi connectivity index (χ0v) is 13.2. The third kappa shape index (κ3) is 4.89. The Kier molecular flexibility index (Phi) is 7.16. The lowest BCUT2D eigenvalue weighted by atomic mass is 9.99. The minimum atomic E-state index is 0.307. The zero-order valence-electron chi connectivity index (χ0n) is 13.2. The maximum absolute atomic E-state index is 5.68. The second-order valence-corrected chi connectivity index (χ2v) is 4.91. The van der Waals surface area contributed by atoms with Crippen molar-refractivity contribution >= 4 is 0 Å². The Hall–Kier alpha value is -1.48. The van der Waals surface area contributed by atoms with Gasteiger partial charge in [0.2, 0.25) is 0 Å². The molecule has 3 nitrogen and oxygen atoms in total. The van der Waals surface area contributed by atoms with Gasteiger partial charge in [-0.05, 0) is 58.4 Å². The Balaban J connectivity index is 2.92. The topological polar surface area (TPSA) is 30.5 Å². The maximum Gasteiger partial charge on any atom is 0.161 e. The molecule has 0 aliphatic heterocycles. The van der Waals surface area contributed by atoms with Crippen molar-refractivity contribution in [3.8, 4) is 11.5 Å². The summed E-state index contributed by atoms with van der Waals surface area (Å²) in [4.78, 5) is 0. The fourth-order valence-corrected chi connectivity index (χ4v) is 2.15. The SMILES string of the molecule is C=C(C)CCC(NC)c1ccc(OCC)c(OCC)c1. The average Bonchev–Trinajstić information content (AvgIpc) is 2.42. The highest BCUT2D eigenvalue weighted by atomic mass is 16.5. The van der Waals surface area contributed by atoms with Crippen molar-refractivity contribution in [2.75, 3.05) is 20.3 Å². The van der Waals surface area contributed by atoms with Gasteiger partial charge in [-0.25, -0.2) is 0 Å². The van der Waals surface area contributed by atoms with Crippen LogP contribution >= 0.6 is 0 Å². The van der Waals surface area contributed by atoms with E-state index in [0.717, 1.165) is 24.3 Å². The third-order valence-electron chi connectivity index (χ3n) is 3.18. The molecular formula is C17H27NO2. The first-order valence-electron chi connectivity index (χ1n) is 7.33. The Bertz CT molecular complexity index is 429. The van der Waals surface area contributed by atoms with Crippen molar-refractivity contribution in [1.82, 2.24) is 5.32 Å². The molecule has 0 saturated heterocycles. The predicted octanol–water partition coefficient (Wildman–Crippen LogP) is 4.10. The fraction of sp³-hybridized carbons (Fsp3) is 0.529. The van der Waals surface area contributed by atoms with Gasteiger partial charge in [-0.2, -0.15) is 0 Å². The molecule has 20 heavy (non-hydrogen) atoms. The van der Waals surface area contributed by atoms with E-state index in [2.05, 4.69) is 31.0 Å². The number of benzene rings is 1. The van der Waals surface area contributed by atoms with E-state index in [-0.39, 0.29) is 0 Å². The van der Waals surface area contributed by atoms with Gasteiger partial charge in [-0.3, -0.25) is 0 Å². The van der Waals surface area contributed by atoms with Crippen LogP contribution in [0.25, 0.3) is 0 Å².